The molecule has 0 atom stereocenters. The van der Waals surface area contributed by atoms with Crippen molar-refractivity contribution < 1.29 is 14.3 Å². The summed E-state index contributed by atoms with van der Waals surface area (Å²) in [5.74, 6) is 0.349. The zero-order valence-electron chi connectivity index (χ0n) is 6.27. The lowest BCUT2D eigenvalue weighted by molar-refractivity contribution is 0.122. The van der Waals surface area contributed by atoms with Gasteiger partial charge in [0.2, 0.25) is 0 Å². The number of thiophene rings is 1. The quantitative estimate of drug-likeness (QED) is 0.718. The molecule has 1 aromatic heterocycles. The minimum Gasteiger partial charge on any atom is -0.437 e. The summed E-state index contributed by atoms with van der Waals surface area (Å²) in [6.45, 7) is 0. The lowest BCUT2D eigenvalue weighted by Gasteiger charge is -1.99. The number of rotatable bonds is 1. The Morgan fingerprint density at radius 2 is 2.25 bits per heavy atom. The van der Waals surface area contributed by atoms with Crippen molar-refractivity contribution in [2.75, 3.05) is 12.8 Å². The fraction of sp³-hybridized carbons (Fsp3) is 0.167. The van der Waals surface area contributed by atoms with Crippen LogP contribution in [0.25, 0.3) is 0 Å². The highest BCUT2D eigenvalue weighted by molar-refractivity contribution is 7.08. The van der Waals surface area contributed by atoms with Gasteiger partial charge in [0.1, 0.15) is 0 Å². The lowest BCUT2D eigenvalue weighted by atomic mass is 10.5. The topological polar surface area (TPSA) is 61.5 Å². The first kappa shape index (κ1) is 11.1. The number of methoxy groups -OCH3 is 1. The van der Waals surface area contributed by atoms with Crippen LogP contribution < -0.4 is 10.5 Å². The van der Waals surface area contributed by atoms with Crippen molar-refractivity contribution in [3.8, 4) is 5.75 Å². The summed E-state index contributed by atoms with van der Waals surface area (Å²) in [6, 6.07) is 0. The molecule has 68 valence electrons. The molecule has 4 nitrogen and oxygen atoms in total. The molecule has 6 heteroatoms. The molecular weight excluding hydrogens is 202 g/mol. The summed E-state index contributed by atoms with van der Waals surface area (Å²) in [5, 5.41) is 3.31. The van der Waals surface area contributed by atoms with Gasteiger partial charge in [-0.2, -0.15) is 0 Å². The van der Waals surface area contributed by atoms with Gasteiger partial charge in [-0.25, -0.2) is 4.79 Å². The van der Waals surface area contributed by atoms with E-state index in [1.54, 1.807) is 10.8 Å². The molecule has 0 spiro atoms. The highest BCUT2D eigenvalue weighted by atomic mass is 35.5. The van der Waals surface area contributed by atoms with Gasteiger partial charge in [-0.1, -0.05) is 0 Å². The molecular formula is C6H8ClNO3S. The smallest absolute Gasteiger partial charge is 0.437 e. The molecule has 0 amide bonds. The molecule has 0 saturated heterocycles. The molecule has 0 radical (unpaired) electrons. The number of hydrogen-bond acceptors (Lipinski definition) is 5. The zero-order chi connectivity index (χ0) is 8.27. The van der Waals surface area contributed by atoms with Gasteiger partial charge < -0.3 is 15.2 Å². The second kappa shape index (κ2) is 4.84. The first-order valence-electron chi connectivity index (χ1n) is 2.81. The van der Waals surface area contributed by atoms with E-state index in [1.165, 1.54) is 18.4 Å². The van der Waals surface area contributed by atoms with E-state index in [4.69, 9.17) is 5.73 Å². The molecule has 0 aliphatic rings. The number of anilines is 1. The van der Waals surface area contributed by atoms with Crippen molar-refractivity contribution in [2.24, 2.45) is 0 Å². The maximum Gasteiger partial charge on any atom is 0.513 e. The van der Waals surface area contributed by atoms with Crippen molar-refractivity contribution in [3.63, 3.8) is 0 Å². The predicted molar refractivity (Wildman–Crippen MR) is 49.0 cm³/mol. The third-order valence-electron chi connectivity index (χ3n) is 1.01. The van der Waals surface area contributed by atoms with Crippen LogP contribution >= 0.6 is 23.7 Å². The fourth-order valence-corrected chi connectivity index (χ4v) is 1.15. The third-order valence-corrected chi connectivity index (χ3v) is 1.75. The van der Waals surface area contributed by atoms with Crippen LogP contribution in [0.2, 0.25) is 0 Å². The van der Waals surface area contributed by atoms with Gasteiger partial charge in [0.15, 0.2) is 5.75 Å². The van der Waals surface area contributed by atoms with E-state index in [1.807, 2.05) is 0 Å². The maximum atomic E-state index is 10.5. The number of nitrogen functional groups attached to an aromatic ring is 1. The van der Waals surface area contributed by atoms with Gasteiger partial charge in [-0.15, -0.1) is 23.7 Å². The van der Waals surface area contributed by atoms with E-state index < -0.39 is 6.16 Å². The molecule has 0 fully saturated rings. The zero-order valence-corrected chi connectivity index (χ0v) is 7.91. The number of halogens is 1. The Bertz CT molecular complexity index is 263. The lowest BCUT2D eigenvalue weighted by Crippen LogP contribution is -2.07. The molecule has 1 heterocycles. The number of nitrogens with two attached hydrogens (primary N) is 1. The summed E-state index contributed by atoms with van der Waals surface area (Å²) in [4.78, 5) is 10.5. The Morgan fingerprint density at radius 1 is 1.58 bits per heavy atom. The maximum absolute atomic E-state index is 10.5. The minimum absolute atomic E-state index is 0. The van der Waals surface area contributed by atoms with Gasteiger partial charge >= 0.3 is 6.16 Å². The normalized spacial score (nSPS) is 8.42. The average molecular weight is 210 g/mol. The van der Waals surface area contributed by atoms with Crippen LogP contribution in [0.3, 0.4) is 0 Å². The van der Waals surface area contributed by atoms with Crippen LogP contribution in [0.5, 0.6) is 5.75 Å². The van der Waals surface area contributed by atoms with E-state index in [0.29, 0.717) is 11.4 Å². The molecule has 0 saturated carbocycles. The molecule has 1 rings (SSSR count). The Kier molecular flexibility index (Phi) is 4.46. The van der Waals surface area contributed by atoms with E-state index >= 15 is 0 Å². The van der Waals surface area contributed by atoms with Crippen molar-refractivity contribution in [1.82, 2.24) is 0 Å². The van der Waals surface area contributed by atoms with Crippen LogP contribution in [0.1, 0.15) is 0 Å². The third kappa shape index (κ3) is 2.60. The van der Waals surface area contributed by atoms with Crippen LogP contribution in [0, 0.1) is 0 Å². The number of ether oxygens (including phenoxy) is 2. The van der Waals surface area contributed by atoms with Gasteiger partial charge in [-0.05, 0) is 0 Å². The summed E-state index contributed by atoms with van der Waals surface area (Å²) in [7, 11) is 1.24. The molecule has 2 N–H and O–H groups in total. The van der Waals surface area contributed by atoms with Gasteiger partial charge in [-0.3, -0.25) is 0 Å². The molecule has 0 aliphatic carbocycles. The van der Waals surface area contributed by atoms with E-state index in [2.05, 4.69) is 9.47 Å². The molecule has 0 aliphatic heterocycles. The molecule has 0 bridgehead atoms. The van der Waals surface area contributed by atoms with Crippen LogP contribution in [0.15, 0.2) is 10.8 Å². The summed E-state index contributed by atoms with van der Waals surface area (Å²) < 4.78 is 8.93. The Balaban J connectivity index is 0.00000121. The first-order chi connectivity index (χ1) is 5.24. The first-order valence-corrected chi connectivity index (χ1v) is 3.75. The van der Waals surface area contributed by atoms with Crippen molar-refractivity contribution in [1.29, 1.82) is 0 Å². The fourth-order valence-electron chi connectivity index (χ4n) is 0.510. The monoisotopic (exact) mass is 209 g/mol. The standard InChI is InChI=1S/C6H7NO3S.ClH/c1-9-6(8)10-5-3-11-2-4(5)7;/h2-3H,7H2,1H3;1H. The molecule has 12 heavy (non-hydrogen) atoms. The largest absolute Gasteiger partial charge is 0.513 e. The van der Waals surface area contributed by atoms with E-state index in [9.17, 15) is 4.79 Å². The predicted octanol–water partition coefficient (Wildman–Crippen LogP) is 1.90. The second-order valence-corrected chi connectivity index (χ2v) is 2.49. The Labute approximate surface area is 79.7 Å². The number of carbonyl (C=O) groups is 1. The molecule has 0 aromatic carbocycles. The Morgan fingerprint density at radius 3 is 2.67 bits per heavy atom. The van der Waals surface area contributed by atoms with Crippen molar-refractivity contribution in [2.45, 2.75) is 0 Å². The van der Waals surface area contributed by atoms with Crippen molar-refractivity contribution >= 4 is 35.6 Å². The van der Waals surface area contributed by atoms with Crippen molar-refractivity contribution in [3.05, 3.63) is 10.8 Å². The Hall–Kier alpha value is -0.940. The van der Waals surface area contributed by atoms with Gasteiger partial charge in [0.05, 0.1) is 12.8 Å². The SMILES string of the molecule is COC(=O)Oc1cscc1N.Cl. The highest BCUT2D eigenvalue weighted by Gasteiger charge is 2.06. The molecule has 1 aromatic rings. The van der Waals surface area contributed by atoms with Gasteiger partial charge in [0.25, 0.3) is 0 Å². The summed E-state index contributed by atoms with van der Waals surface area (Å²) in [6.07, 6.45) is -0.755. The average Bonchev–Trinajstić information content (AvgIpc) is 2.37. The molecule has 0 unspecified atom stereocenters. The summed E-state index contributed by atoms with van der Waals surface area (Å²) >= 11 is 1.36. The van der Waals surface area contributed by atoms with E-state index in [0.717, 1.165) is 0 Å². The van der Waals surface area contributed by atoms with Crippen LogP contribution in [-0.4, -0.2) is 13.3 Å². The van der Waals surface area contributed by atoms with Crippen LogP contribution in [-0.2, 0) is 4.74 Å². The van der Waals surface area contributed by atoms with E-state index in [-0.39, 0.29) is 12.4 Å². The number of carbonyl (C=O) groups excluding carboxylic acids is 1. The minimum atomic E-state index is -0.755. The van der Waals surface area contributed by atoms with Crippen LogP contribution in [0.4, 0.5) is 10.5 Å². The highest BCUT2D eigenvalue weighted by Crippen LogP contribution is 2.25. The summed E-state index contributed by atoms with van der Waals surface area (Å²) in [5.41, 5.74) is 5.87. The second-order valence-electron chi connectivity index (χ2n) is 1.75. The van der Waals surface area contributed by atoms with Gasteiger partial charge in [0, 0.05) is 10.8 Å². The number of hydrogen-bond donors (Lipinski definition) is 1.